The van der Waals surface area contributed by atoms with Crippen LogP contribution in [0.15, 0.2) is 21.7 Å². The van der Waals surface area contributed by atoms with E-state index in [0.29, 0.717) is 0 Å². The van der Waals surface area contributed by atoms with Gasteiger partial charge in [-0.25, -0.2) is 4.98 Å². The molecule has 224 valence electrons. The number of hydrogen-bond acceptors (Lipinski definition) is 12. The van der Waals surface area contributed by atoms with Gasteiger partial charge >= 0.3 is 0 Å². The predicted molar refractivity (Wildman–Crippen MR) is 153 cm³/mol. The van der Waals surface area contributed by atoms with Gasteiger partial charge in [-0.05, 0) is 46.8 Å². The number of fused-ring (bicyclic) bond motifs is 2. The molecule has 3 rings (SSSR count). The number of aliphatic hydroxyl groups excluding tert-OH is 4. The third-order valence-electron chi connectivity index (χ3n) is 6.87. The molecule has 0 aliphatic rings. The van der Waals surface area contributed by atoms with E-state index in [-0.39, 0.29) is 70.3 Å². The number of carbonyl (C=O) groups is 1. The SMILES string of the molecule is Cc1c(O)c(=CNCCN(C(C)O)C(C)O)c2nc3c(=O)ccc(C(=O)NCCN(C(C)O)C(C)O)c3[nH]c2c1=O. The number of H-pyrrole nitrogens is 1. The van der Waals surface area contributed by atoms with E-state index in [9.17, 15) is 39.9 Å². The van der Waals surface area contributed by atoms with Gasteiger partial charge in [0.1, 0.15) is 47.2 Å². The van der Waals surface area contributed by atoms with Crippen LogP contribution in [0.5, 0.6) is 5.75 Å². The van der Waals surface area contributed by atoms with Gasteiger partial charge in [0.05, 0.1) is 16.3 Å². The minimum absolute atomic E-state index is 0.0141. The largest absolute Gasteiger partial charge is 0.507 e. The number of nitrogens with one attached hydrogen (secondary N) is 3. The van der Waals surface area contributed by atoms with Gasteiger partial charge in [0.2, 0.25) is 10.9 Å². The molecule has 3 aromatic rings. The number of aliphatic hydroxyl groups is 4. The van der Waals surface area contributed by atoms with Crippen LogP contribution < -0.4 is 26.7 Å². The highest BCUT2D eigenvalue weighted by Gasteiger charge is 2.20. The number of aromatic nitrogens is 2. The third-order valence-corrected chi connectivity index (χ3v) is 6.87. The number of carbonyl (C=O) groups excluding carboxylic acids is 1. The van der Waals surface area contributed by atoms with Crippen molar-refractivity contribution in [2.45, 2.75) is 59.5 Å². The molecule has 0 fully saturated rings. The molecule has 0 radical (unpaired) electrons. The average molecular weight is 575 g/mol. The highest BCUT2D eigenvalue weighted by atomic mass is 16.3. The maximum atomic E-state index is 13.1. The Morgan fingerprint density at radius 2 is 1.49 bits per heavy atom. The van der Waals surface area contributed by atoms with Gasteiger partial charge < -0.3 is 41.2 Å². The Balaban J connectivity index is 2.03. The number of phenolic OH excluding ortho intramolecular Hbond substituents is 1. The molecule has 4 unspecified atom stereocenters. The lowest BCUT2D eigenvalue weighted by Crippen LogP contribution is -2.44. The van der Waals surface area contributed by atoms with Crippen molar-refractivity contribution in [3.8, 4) is 5.75 Å². The molecule has 0 aliphatic heterocycles. The number of aromatic hydroxyl groups is 1. The standard InChI is InChI=1S/C27H38N6O8/c1-13-25(39)19(12-28-8-10-32(14(2)34)15(3)35)22-24(26(13)40)31-21-18(6-7-20(38)23(21)30-22)27(41)29-9-11-33(16(4)36)17(5)37/h6-7,12,14-17,28,31,34-37,39H,8-11H2,1-5H3,(H,29,41). The fraction of sp³-hybridized carbons (Fsp3) is 0.481. The predicted octanol–water partition coefficient (Wildman–Crippen LogP) is -1.82. The molecule has 1 amide bonds. The summed E-state index contributed by atoms with van der Waals surface area (Å²) in [5.41, 5.74) is -1.09. The number of benzene rings is 2. The molecular formula is C27H38N6O8. The monoisotopic (exact) mass is 574 g/mol. The summed E-state index contributed by atoms with van der Waals surface area (Å²) in [7, 11) is 0. The zero-order valence-electron chi connectivity index (χ0n) is 23.7. The molecule has 0 saturated heterocycles. The van der Waals surface area contributed by atoms with Gasteiger partial charge in [-0.15, -0.1) is 0 Å². The van der Waals surface area contributed by atoms with Crippen molar-refractivity contribution in [3.05, 3.63) is 48.9 Å². The van der Waals surface area contributed by atoms with Crippen molar-refractivity contribution in [1.82, 2.24) is 30.4 Å². The van der Waals surface area contributed by atoms with Gasteiger partial charge in [-0.2, -0.15) is 0 Å². The molecule has 0 bridgehead atoms. The van der Waals surface area contributed by atoms with Crippen LogP contribution in [0.4, 0.5) is 0 Å². The number of aromatic amines is 1. The summed E-state index contributed by atoms with van der Waals surface area (Å²) in [6.45, 7) is 8.17. The Bertz CT molecular complexity index is 1550. The second-order valence-electron chi connectivity index (χ2n) is 9.87. The van der Waals surface area contributed by atoms with E-state index in [1.54, 1.807) is 0 Å². The van der Waals surface area contributed by atoms with E-state index >= 15 is 0 Å². The van der Waals surface area contributed by atoms with Crippen molar-refractivity contribution < 1.29 is 30.3 Å². The lowest BCUT2D eigenvalue weighted by atomic mass is 10.1. The topological polar surface area (TPSA) is 212 Å². The lowest BCUT2D eigenvalue weighted by Gasteiger charge is -2.27. The minimum Gasteiger partial charge on any atom is -0.507 e. The summed E-state index contributed by atoms with van der Waals surface area (Å²) in [6, 6.07) is 2.49. The van der Waals surface area contributed by atoms with E-state index in [1.807, 2.05) is 0 Å². The summed E-state index contributed by atoms with van der Waals surface area (Å²) in [4.78, 5) is 49.0. The van der Waals surface area contributed by atoms with E-state index in [2.05, 4.69) is 20.6 Å². The van der Waals surface area contributed by atoms with Crippen LogP contribution in [0.1, 0.15) is 43.6 Å². The Morgan fingerprint density at radius 3 is 2.05 bits per heavy atom. The van der Waals surface area contributed by atoms with Crippen molar-refractivity contribution >= 4 is 34.2 Å². The number of phenols is 1. The molecule has 1 aromatic heterocycles. The molecule has 14 heteroatoms. The molecule has 41 heavy (non-hydrogen) atoms. The normalized spacial score (nSPS) is 15.4. The lowest BCUT2D eigenvalue weighted by molar-refractivity contribution is -0.0830. The van der Waals surface area contributed by atoms with Crippen molar-refractivity contribution in [1.29, 1.82) is 0 Å². The first-order chi connectivity index (χ1) is 19.3. The number of hydrogen-bond donors (Lipinski definition) is 8. The highest BCUT2D eigenvalue weighted by Crippen LogP contribution is 2.17. The molecule has 2 aromatic carbocycles. The molecule has 0 saturated carbocycles. The zero-order chi connectivity index (χ0) is 30.6. The maximum Gasteiger partial charge on any atom is 0.253 e. The van der Waals surface area contributed by atoms with Crippen LogP contribution in [0.2, 0.25) is 0 Å². The molecule has 1 heterocycles. The average Bonchev–Trinajstić information content (AvgIpc) is 2.90. The molecule has 0 aliphatic carbocycles. The van der Waals surface area contributed by atoms with Gasteiger partial charge in [0.15, 0.2) is 0 Å². The van der Waals surface area contributed by atoms with Crippen LogP contribution >= 0.6 is 0 Å². The Kier molecular flexibility index (Phi) is 10.4. The van der Waals surface area contributed by atoms with Crippen LogP contribution in [0, 0.1) is 6.92 Å². The van der Waals surface area contributed by atoms with Gasteiger partial charge in [-0.1, -0.05) is 0 Å². The van der Waals surface area contributed by atoms with Crippen LogP contribution in [-0.2, 0) is 0 Å². The minimum atomic E-state index is -0.942. The van der Waals surface area contributed by atoms with E-state index in [0.717, 1.165) is 0 Å². The van der Waals surface area contributed by atoms with E-state index in [1.165, 1.54) is 62.8 Å². The van der Waals surface area contributed by atoms with Crippen LogP contribution in [0.25, 0.3) is 28.3 Å². The van der Waals surface area contributed by atoms with Gasteiger partial charge in [-0.3, -0.25) is 24.2 Å². The second-order valence-corrected chi connectivity index (χ2v) is 9.87. The smallest absolute Gasteiger partial charge is 0.253 e. The fourth-order valence-electron chi connectivity index (χ4n) is 4.59. The Morgan fingerprint density at radius 1 is 0.927 bits per heavy atom. The Labute approximate surface area is 235 Å². The van der Waals surface area contributed by atoms with Crippen LogP contribution in [0.3, 0.4) is 0 Å². The third kappa shape index (κ3) is 6.98. The highest BCUT2D eigenvalue weighted by molar-refractivity contribution is 6.06. The van der Waals surface area contributed by atoms with E-state index < -0.39 is 41.7 Å². The number of nitrogens with zero attached hydrogens (tertiary/aromatic N) is 3. The van der Waals surface area contributed by atoms with Crippen molar-refractivity contribution in [2.75, 3.05) is 26.2 Å². The first-order valence-corrected chi connectivity index (χ1v) is 13.2. The maximum absolute atomic E-state index is 13.1. The second kappa shape index (κ2) is 13.3. The molecular weight excluding hydrogens is 536 g/mol. The molecule has 4 atom stereocenters. The summed E-state index contributed by atoms with van der Waals surface area (Å²) in [5.74, 6) is -0.902. The first kappa shape index (κ1) is 31.9. The van der Waals surface area contributed by atoms with E-state index in [4.69, 9.17) is 0 Å². The summed E-state index contributed by atoms with van der Waals surface area (Å²) >= 11 is 0. The quantitative estimate of drug-likeness (QED) is 0.0683. The van der Waals surface area contributed by atoms with Crippen molar-refractivity contribution in [3.63, 3.8) is 0 Å². The summed E-state index contributed by atoms with van der Waals surface area (Å²) in [6.07, 6.45) is -2.25. The number of rotatable bonds is 12. The molecule has 14 nitrogen and oxygen atoms in total. The van der Waals surface area contributed by atoms with Gasteiger partial charge in [0, 0.05) is 37.9 Å². The fourth-order valence-corrected chi connectivity index (χ4v) is 4.59. The Hall–Kier alpha value is -3.66. The van der Waals surface area contributed by atoms with Crippen LogP contribution in [-0.4, -0.2) is 102 Å². The summed E-state index contributed by atoms with van der Waals surface area (Å²) in [5, 5.41) is 55.8. The summed E-state index contributed by atoms with van der Waals surface area (Å²) < 4.78 is 0. The zero-order valence-corrected chi connectivity index (χ0v) is 23.7. The molecule has 8 N–H and O–H groups in total. The van der Waals surface area contributed by atoms with Gasteiger partial charge in [0.25, 0.3) is 5.91 Å². The number of amides is 1. The first-order valence-electron chi connectivity index (χ1n) is 13.2. The molecule has 0 spiro atoms. The van der Waals surface area contributed by atoms with Crippen molar-refractivity contribution in [2.24, 2.45) is 0 Å².